The van der Waals surface area contributed by atoms with Crippen molar-refractivity contribution in [1.82, 2.24) is 0 Å². The number of aldehydes is 1. The number of carbonyl (C=O) groups is 4. The first-order valence-electron chi connectivity index (χ1n) is 17.7. The number of carbonyl (C=O) groups excluding carboxylic acids is 4. The van der Waals surface area contributed by atoms with Gasteiger partial charge in [-0.15, -0.1) is 0 Å². The van der Waals surface area contributed by atoms with Crippen LogP contribution in [0.15, 0.2) is 54.6 Å². The van der Waals surface area contributed by atoms with Crippen LogP contribution in [0.2, 0.25) is 0 Å². The van der Waals surface area contributed by atoms with E-state index in [1.807, 2.05) is 30.3 Å². The number of hydrogen-bond donors (Lipinski definition) is 6. The third kappa shape index (κ3) is 6.54. The molecule has 55 heavy (non-hydrogen) atoms. The molecule has 4 aromatic rings. The second-order valence-electron chi connectivity index (χ2n) is 13.8. The molecule has 1 fully saturated rings. The molecular formula is C42H38O13. The highest BCUT2D eigenvalue weighted by atomic mass is 16.7. The molecule has 0 radical (unpaired) electrons. The van der Waals surface area contributed by atoms with Gasteiger partial charge in [0.05, 0.1) is 24.9 Å². The van der Waals surface area contributed by atoms with Crippen LogP contribution < -0.4 is 9.47 Å². The molecule has 0 saturated carbocycles. The Bertz CT molecular complexity index is 2290. The number of phenolic OH excluding ortho intramolecular Hbond substituents is 1. The normalized spacial score (nSPS) is 21.6. The lowest BCUT2D eigenvalue weighted by molar-refractivity contribution is -0.268. The fourth-order valence-corrected chi connectivity index (χ4v) is 7.67. The molecule has 4 aromatic carbocycles. The number of ether oxygens (including phenoxy) is 3. The zero-order valence-corrected chi connectivity index (χ0v) is 29.8. The van der Waals surface area contributed by atoms with Crippen molar-refractivity contribution in [2.45, 2.75) is 77.0 Å². The molecule has 0 amide bonds. The van der Waals surface area contributed by atoms with Gasteiger partial charge >= 0.3 is 5.97 Å². The van der Waals surface area contributed by atoms with Gasteiger partial charge in [0.25, 0.3) is 0 Å². The molecule has 0 spiro atoms. The molecule has 5 atom stereocenters. The van der Waals surface area contributed by atoms with Gasteiger partial charge in [0.2, 0.25) is 6.29 Å². The summed E-state index contributed by atoms with van der Waals surface area (Å²) in [5.41, 5.74) is 2.10. The lowest BCUT2D eigenvalue weighted by atomic mass is 9.75. The monoisotopic (exact) mass is 750 g/mol. The quantitative estimate of drug-likeness (QED) is 0.0726. The number of phenols is 1. The summed E-state index contributed by atoms with van der Waals surface area (Å²) >= 11 is 0. The van der Waals surface area contributed by atoms with E-state index in [4.69, 9.17) is 14.2 Å². The molecule has 13 heteroatoms. The van der Waals surface area contributed by atoms with Crippen molar-refractivity contribution in [1.29, 1.82) is 0 Å². The maximum atomic E-state index is 14.9. The van der Waals surface area contributed by atoms with E-state index in [-0.39, 0.29) is 62.4 Å². The Morgan fingerprint density at radius 2 is 1.56 bits per heavy atom. The Balaban J connectivity index is 1.46. The number of esters is 1. The highest BCUT2D eigenvalue weighted by molar-refractivity contribution is 6.31. The fraction of sp³-hybridized carbons (Fsp3) is 0.286. The SMILES string of the molecule is CC(=O)Oc1cc(CO)c2c(c1C1=Cc3ccccc3CC1)C(=O)c1cc(OC3OC(C)C(O)C(O)C3O)c(Cc3cccc(CO)c3C=O)c(O)c1C2=O. The molecule has 5 unspecified atom stereocenters. The van der Waals surface area contributed by atoms with Gasteiger partial charge in [-0.3, -0.25) is 19.2 Å². The molecule has 7 rings (SSSR count). The van der Waals surface area contributed by atoms with E-state index >= 15 is 0 Å². The van der Waals surface area contributed by atoms with Crippen LogP contribution in [-0.2, 0) is 35.6 Å². The molecule has 0 bridgehead atoms. The first kappa shape index (κ1) is 37.8. The fourth-order valence-electron chi connectivity index (χ4n) is 7.67. The molecule has 1 saturated heterocycles. The molecule has 1 heterocycles. The van der Waals surface area contributed by atoms with Crippen LogP contribution in [0.25, 0.3) is 11.6 Å². The predicted molar refractivity (Wildman–Crippen MR) is 195 cm³/mol. The summed E-state index contributed by atoms with van der Waals surface area (Å²) in [6.45, 7) is 1.41. The summed E-state index contributed by atoms with van der Waals surface area (Å²) < 4.78 is 17.4. The van der Waals surface area contributed by atoms with Gasteiger partial charge in [0, 0.05) is 46.7 Å². The Morgan fingerprint density at radius 3 is 2.27 bits per heavy atom. The van der Waals surface area contributed by atoms with E-state index in [1.165, 1.54) is 32.0 Å². The maximum Gasteiger partial charge on any atom is 0.308 e. The van der Waals surface area contributed by atoms with Gasteiger partial charge in [-0.2, -0.15) is 0 Å². The predicted octanol–water partition coefficient (Wildman–Crippen LogP) is 3.17. The molecule has 6 N–H and O–H groups in total. The lowest BCUT2D eigenvalue weighted by Gasteiger charge is -2.39. The zero-order chi connectivity index (χ0) is 39.3. The van der Waals surface area contributed by atoms with Crippen LogP contribution in [-0.4, -0.2) is 85.2 Å². The topological polar surface area (TPSA) is 217 Å². The molecular weight excluding hydrogens is 712 g/mol. The molecule has 1 aliphatic heterocycles. The van der Waals surface area contributed by atoms with Gasteiger partial charge in [-0.25, -0.2) is 0 Å². The number of aromatic hydroxyl groups is 1. The average molecular weight is 751 g/mol. The number of benzene rings is 4. The Labute approximate surface area is 314 Å². The summed E-state index contributed by atoms with van der Waals surface area (Å²) in [7, 11) is 0. The molecule has 0 aromatic heterocycles. The van der Waals surface area contributed by atoms with Gasteiger partial charge in [-0.05, 0) is 65.3 Å². The molecule has 13 nitrogen and oxygen atoms in total. The number of rotatable bonds is 9. The Morgan fingerprint density at radius 1 is 0.836 bits per heavy atom. The minimum absolute atomic E-state index is 0.0313. The number of fused-ring (bicyclic) bond motifs is 3. The van der Waals surface area contributed by atoms with Gasteiger partial charge in [0.15, 0.2) is 17.9 Å². The summed E-state index contributed by atoms with van der Waals surface area (Å²) in [6.07, 6.45) is -4.57. The van der Waals surface area contributed by atoms with Crippen molar-refractivity contribution in [2.24, 2.45) is 0 Å². The summed E-state index contributed by atoms with van der Waals surface area (Å²) in [6, 6.07) is 14.8. The number of aryl methyl sites for hydroxylation is 1. The van der Waals surface area contributed by atoms with Crippen LogP contribution in [0.3, 0.4) is 0 Å². The first-order chi connectivity index (χ1) is 26.4. The van der Waals surface area contributed by atoms with E-state index < -0.39 is 72.8 Å². The van der Waals surface area contributed by atoms with Gasteiger partial charge in [-0.1, -0.05) is 48.5 Å². The van der Waals surface area contributed by atoms with Crippen LogP contribution in [0.4, 0.5) is 0 Å². The van der Waals surface area contributed by atoms with E-state index in [0.29, 0.717) is 30.3 Å². The van der Waals surface area contributed by atoms with Crippen molar-refractivity contribution in [2.75, 3.05) is 0 Å². The first-order valence-corrected chi connectivity index (χ1v) is 17.7. The highest BCUT2D eigenvalue weighted by Crippen LogP contribution is 2.47. The van der Waals surface area contributed by atoms with Crippen LogP contribution in [0.1, 0.15) is 101 Å². The summed E-state index contributed by atoms with van der Waals surface area (Å²) in [4.78, 5) is 54.3. The average Bonchev–Trinajstić information content (AvgIpc) is 3.18. The number of allylic oxidation sites excluding steroid dienone is 1. The third-order valence-electron chi connectivity index (χ3n) is 10.5. The van der Waals surface area contributed by atoms with Crippen molar-refractivity contribution in [3.05, 3.63) is 121 Å². The second kappa shape index (κ2) is 14.9. The van der Waals surface area contributed by atoms with Crippen LogP contribution in [0.5, 0.6) is 17.2 Å². The Kier molecular flexibility index (Phi) is 10.3. The third-order valence-corrected chi connectivity index (χ3v) is 10.5. The minimum Gasteiger partial charge on any atom is -0.507 e. The summed E-state index contributed by atoms with van der Waals surface area (Å²) in [5, 5.41) is 64.2. The second-order valence-corrected chi connectivity index (χ2v) is 13.8. The summed E-state index contributed by atoms with van der Waals surface area (Å²) in [5.74, 6) is -3.33. The molecule has 3 aliphatic rings. The van der Waals surface area contributed by atoms with Gasteiger partial charge in [0.1, 0.15) is 35.6 Å². The van der Waals surface area contributed by atoms with E-state index in [1.54, 1.807) is 12.1 Å². The molecule has 2 aliphatic carbocycles. The van der Waals surface area contributed by atoms with Crippen molar-refractivity contribution >= 4 is 35.5 Å². The van der Waals surface area contributed by atoms with E-state index in [9.17, 15) is 49.8 Å². The largest absolute Gasteiger partial charge is 0.507 e. The van der Waals surface area contributed by atoms with Crippen LogP contribution in [0, 0.1) is 0 Å². The maximum absolute atomic E-state index is 14.9. The number of aliphatic hydroxyl groups excluding tert-OH is 5. The Hall–Kier alpha value is -5.54. The van der Waals surface area contributed by atoms with Gasteiger partial charge < -0.3 is 44.8 Å². The van der Waals surface area contributed by atoms with E-state index in [0.717, 1.165) is 11.1 Å². The molecule has 284 valence electrons. The van der Waals surface area contributed by atoms with Crippen molar-refractivity contribution < 1.29 is 64.0 Å². The highest BCUT2D eigenvalue weighted by Gasteiger charge is 2.45. The van der Waals surface area contributed by atoms with E-state index in [2.05, 4.69) is 0 Å². The minimum atomic E-state index is -1.80. The van der Waals surface area contributed by atoms with Crippen LogP contribution >= 0.6 is 0 Å². The number of aliphatic hydroxyl groups is 5. The lowest BCUT2D eigenvalue weighted by Crippen LogP contribution is -2.58. The van der Waals surface area contributed by atoms with Crippen molar-refractivity contribution in [3.8, 4) is 17.2 Å². The zero-order valence-electron chi connectivity index (χ0n) is 29.8. The number of hydrogen-bond acceptors (Lipinski definition) is 13. The van der Waals surface area contributed by atoms with Crippen molar-refractivity contribution in [3.63, 3.8) is 0 Å². The number of ketones is 2. The smallest absolute Gasteiger partial charge is 0.308 e. The standard InChI is InChI=1S/C42H38O13/c1-19-36(47)40(51)41(52)42(53-19)55-30-15-28-34(37(48)27(30)13-23-8-5-9-25(16-43)29(23)18-45)39(50)33-26(17-44)14-31(54-20(2)46)32(35(33)38(28)49)24-11-10-21-6-3-4-7-22(21)12-24/h3-9,12,14-15,18-19,36,40-44,47-48,51-52H,10-11,13,16-17H2,1-2H3.